The van der Waals surface area contributed by atoms with E-state index in [-0.39, 0.29) is 5.75 Å². The summed E-state index contributed by atoms with van der Waals surface area (Å²) in [5.74, 6) is 0.571. The fourth-order valence-electron chi connectivity index (χ4n) is 1.33. The molecule has 0 aliphatic heterocycles. The summed E-state index contributed by atoms with van der Waals surface area (Å²) in [4.78, 5) is 0. The first-order valence-electron chi connectivity index (χ1n) is 5.39. The van der Waals surface area contributed by atoms with E-state index in [1.165, 1.54) is 0 Å². The molecular weight excluding hydrogens is 319 g/mol. The molecule has 0 heterocycles. The van der Waals surface area contributed by atoms with E-state index in [4.69, 9.17) is 38.6 Å². The molecule has 0 saturated carbocycles. The molecule has 0 amide bonds. The Labute approximate surface area is 121 Å². The third-order valence-corrected chi connectivity index (χ3v) is 3.95. The molecule has 7 heteroatoms. The summed E-state index contributed by atoms with van der Waals surface area (Å²) >= 11 is 11.7. The molecule has 0 unspecified atom stereocenters. The van der Waals surface area contributed by atoms with Gasteiger partial charge in [-0.2, -0.15) is 0 Å². The number of hydrogen-bond donors (Lipinski definition) is 0. The molecule has 0 fully saturated rings. The second-order valence-electron chi connectivity index (χ2n) is 3.73. The van der Waals surface area contributed by atoms with Gasteiger partial charge in [-0.25, -0.2) is 8.42 Å². The smallest absolute Gasteiger partial charge is 0.232 e. The van der Waals surface area contributed by atoms with Crippen molar-refractivity contribution in [2.24, 2.45) is 0 Å². The van der Waals surface area contributed by atoms with Gasteiger partial charge in [-0.05, 0) is 37.5 Å². The summed E-state index contributed by atoms with van der Waals surface area (Å²) in [6.45, 7) is 0.476. The lowest BCUT2D eigenvalue weighted by Crippen LogP contribution is -2.01. The van der Waals surface area contributed by atoms with E-state index in [1.54, 1.807) is 18.2 Å². The monoisotopic (exact) mass is 330 g/mol. The summed E-state index contributed by atoms with van der Waals surface area (Å²) in [5.41, 5.74) is 0. The van der Waals surface area contributed by atoms with Crippen molar-refractivity contribution in [3.05, 3.63) is 28.2 Å². The van der Waals surface area contributed by atoms with Crippen molar-refractivity contribution in [1.82, 2.24) is 0 Å². The van der Waals surface area contributed by atoms with Crippen LogP contribution in [-0.2, 0) is 9.05 Å². The Bertz CT molecular complexity index is 488. The van der Waals surface area contributed by atoms with E-state index in [1.807, 2.05) is 0 Å². The normalized spacial score (nSPS) is 11.5. The number of ether oxygens (including phenoxy) is 1. The number of rotatable bonds is 7. The maximum absolute atomic E-state index is 10.7. The van der Waals surface area contributed by atoms with Crippen LogP contribution in [0.4, 0.5) is 0 Å². The Morgan fingerprint density at radius 1 is 1.11 bits per heavy atom. The van der Waals surface area contributed by atoms with Crippen LogP contribution in [0.2, 0.25) is 10.0 Å². The molecule has 0 atom stereocenters. The van der Waals surface area contributed by atoms with Gasteiger partial charge in [0.15, 0.2) is 0 Å². The van der Waals surface area contributed by atoms with E-state index in [9.17, 15) is 8.42 Å². The molecule has 18 heavy (non-hydrogen) atoms. The number of benzene rings is 1. The molecular formula is C11H13Cl3O3S. The first-order chi connectivity index (χ1) is 8.38. The van der Waals surface area contributed by atoms with Crippen molar-refractivity contribution < 1.29 is 13.2 Å². The van der Waals surface area contributed by atoms with Crippen LogP contribution in [0.15, 0.2) is 18.2 Å². The third-order valence-electron chi connectivity index (χ3n) is 2.18. The van der Waals surface area contributed by atoms with Gasteiger partial charge < -0.3 is 4.74 Å². The summed E-state index contributed by atoms with van der Waals surface area (Å²) in [6.07, 6.45) is 2.01. The van der Waals surface area contributed by atoms with E-state index < -0.39 is 9.05 Å². The Kier molecular flexibility index (Phi) is 6.57. The SMILES string of the molecule is O=S(=O)(Cl)CCCCCOc1ccc(Cl)cc1Cl. The van der Waals surface area contributed by atoms with Crippen LogP contribution >= 0.6 is 33.9 Å². The molecule has 0 aliphatic rings. The van der Waals surface area contributed by atoms with Gasteiger partial charge >= 0.3 is 0 Å². The van der Waals surface area contributed by atoms with E-state index in [2.05, 4.69) is 0 Å². The minimum atomic E-state index is -3.38. The van der Waals surface area contributed by atoms with E-state index >= 15 is 0 Å². The molecule has 1 aromatic carbocycles. The second-order valence-corrected chi connectivity index (χ2v) is 7.47. The van der Waals surface area contributed by atoms with Crippen LogP contribution in [0.3, 0.4) is 0 Å². The highest BCUT2D eigenvalue weighted by Gasteiger charge is 2.05. The van der Waals surface area contributed by atoms with Crippen LogP contribution in [0.5, 0.6) is 5.75 Å². The highest BCUT2D eigenvalue weighted by molar-refractivity contribution is 8.13. The summed E-state index contributed by atoms with van der Waals surface area (Å²) in [6, 6.07) is 5.01. The quantitative estimate of drug-likeness (QED) is 0.558. The maximum Gasteiger partial charge on any atom is 0.232 e. The zero-order chi connectivity index (χ0) is 13.6. The van der Waals surface area contributed by atoms with Crippen molar-refractivity contribution >= 4 is 42.9 Å². The minimum absolute atomic E-state index is 0.00371. The molecule has 102 valence electrons. The van der Waals surface area contributed by atoms with Crippen molar-refractivity contribution in [3.8, 4) is 5.75 Å². The predicted octanol–water partition coefficient (Wildman–Crippen LogP) is 4.11. The molecule has 0 aromatic heterocycles. The largest absolute Gasteiger partial charge is 0.492 e. The van der Waals surface area contributed by atoms with Gasteiger partial charge in [0.05, 0.1) is 17.4 Å². The highest BCUT2D eigenvalue weighted by atomic mass is 35.7. The predicted molar refractivity (Wildman–Crippen MR) is 75.4 cm³/mol. The molecule has 1 rings (SSSR count). The molecule has 0 aliphatic carbocycles. The third kappa shape index (κ3) is 6.69. The lowest BCUT2D eigenvalue weighted by atomic mass is 10.2. The average Bonchev–Trinajstić information content (AvgIpc) is 2.24. The molecule has 1 aromatic rings. The maximum atomic E-state index is 10.7. The molecule has 3 nitrogen and oxygen atoms in total. The van der Waals surface area contributed by atoms with E-state index in [0.717, 1.165) is 12.8 Å². The van der Waals surface area contributed by atoms with Crippen LogP contribution in [0.1, 0.15) is 19.3 Å². The number of hydrogen-bond acceptors (Lipinski definition) is 3. The van der Waals surface area contributed by atoms with Crippen LogP contribution in [0, 0.1) is 0 Å². The molecule has 0 radical (unpaired) electrons. The topological polar surface area (TPSA) is 43.4 Å². The Morgan fingerprint density at radius 3 is 2.44 bits per heavy atom. The lowest BCUT2D eigenvalue weighted by Gasteiger charge is -2.07. The van der Waals surface area contributed by atoms with Crippen molar-refractivity contribution in [2.45, 2.75) is 19.3 Å². The van der Waals surface area contributed by atoms with Crippen molar-refractivity contribution in [1.29, 1.82) is 0 Å². The molecule has 0 N–H and O–H groups in total. The first kappa shape index (κ1) is 15.9. The Hall–Kier alpha value is -0.160. The zero-order valence-electron chi connectivity index (χ0n) is 9.53. The fourth-order valence-corrected chi connectivity index (χ4v) is 2.67. The summed E-state index contributed by atoms with van der Waals surface area (Å²) in [7, 11) is 1.71. The first-order valence-corrected chi connectivity index (χ1v) is 8.62. The highest BCUT2D eigenvalue weighted by Crippen LogP contribution is 2.27. The molecule has 0 saturated heterocycles. The standard InChI is InChI=1S/C11H13Cl3O3S/c12-9-4-5-11(10(13)8-9)17-6-2-1-3-7-18(14,15)16/h4-5,8H,1-3,6-7H2. The summed E-state index contributed by atoms with van der Waals surface area (Å²) < 4.78 is 26.8. The van der Waals surface area contributed by atoms with Gasteiger partial charge in [-0.15, -0.1) is 0 Å². The van der Waals surface area contributed by atoms with Gasteiger partial charge in [0.2, 0.25) is 9.05 Å². The average molecular weight is 332 g/mol. The van der Waals surface area contributed by atoms with Crippen molar-refractivity contribution in [3.63, 3.8) is 0 Å². The van der Waals surface area contributed by atoms with Gasteiger partial charge in [0, 0.05) is 15.7 Å². The number of halogens is 3. The fraction of sp³-hybridized carbons (Fsp3) is 0.455. The molecule has 0 bridgehead atoms. The van der Waals surface area contributed by atoms with Gasteiger partial charge in [0.25, 0.3) is 0 Å². The van der Waals surface area contributed by atoms with Crippen LogP contribution in [-0.4, -0.2) is 20.8 Å². The minimum Gasteiger partial charge on any atom is -0.492 e. The Morgan fingerprint density at radius 2 is 1.83 bits per heavy atom. The summed E-state index contributed by atoms with van der Waals surface area (Å²) in [5, 5.41) is 1.02. The molecule has 0 spiro atoms. The lowest BCUT2D eigenvalue weighted by molar-refractivity contribution is 0.306. The van der Waals surface area contributed by atoms with E-state index in [0.29, 0.717) is 28.8 Å². The zero-order valence-corrected chi connectivity index (χ0v) is 12.6. The van der Waals surface area contributed by atoms with Gasteiger partial charge in [0.1, 0.15) is 5.75 Å². The van der Waals surface area contributed by atoms with Crippen LogP contribution < -0.4 is 4.74 Å². The Balaban J connectivity index is 2.22. The second kappa shape index (κ2) is 7.43. The van der Waals surface area contributed by atoms with Gasteiger partial charge in [-0.3, -0.25) is 0 Å². The van der Waals surface area contributed by atoms with Gasteiger partial charge in [-0.1, -0.05) is 23.2 Å². The van der Waals surface area contributed by atoms with Crippen LogP contribution in [0.25, 0.3) is 0 Å². The van der Waals surface area contributed by atoms with Crippen molar-refractivity contribution in [2.75, 3.05) is 12.4 Å². The number of unbranched alkanes of at least 4 members (excludes halogenated alkanes) is 2.